The van der Waals surface area contributed by atoms with E-state index < -0.39 is 20.7 Å². The van der Waals surface area contributed by atoms with Crippen LogP contribution >= 0.6 is 0 Å². The van der Waals surface area contributed by atoms with Gasteiger partial charge in [-0.05, 0) is 24.3 Å². The first-order chi connectivity index (χ1) is 8.50. The van der Waals surface area contributed by atoms with Crippen LogP contribution in [0.25, 0.3) is 0 Å². The van der Waals surface area contributed by atoms with Crippen molar-refractivity contribution in [1.29, 1.82) is 0 Å². The van der Waals surface area contributed by atoms with Crippen LogP contribution in [0.5, 0.6) is 0 Å². The summed E-state index contributed by atoms with van der Waals surface area (Å²) in [6.07, 6.45) is 2.81. The van der Waals surface area contributed by atoms with E-state index in [0.717, 1.165) is 6.07 Å². The lowest BCUT2D eigenvalue weighted by molar-refractivity contribution is 0.572. The SMILES string of the molecule is Nc1cccc(F)c1S(=O)(=O)Nc1cccnc1. The third-order valence-electron chi connectivity index (χ3n) is 2.18. The molecule has 7 heteroatoms. The van der Waals surface area contributed by atoms with E-state index in [-0.39, 0.29) is 11.4 Å². The molecule has 0 radical (unpaired) electrons. The summed E-state index contributed by atoms with van der Waals surface area (Å²) >= 11 is 0. The Morgan fingerprint density at radius 2 is 2.00 bits per heavy atom. The van der Waals surface area contributed by atoms with E-state index in [1.807, 2.05) is 0 Å². The zero-order chi connectivity index (χ0) is 13.2. The van der Waals surface area contributed by atoms with E-state index in [2.05, 4.69) is 9.71 Å². The fourth-order valence-electron chi connectivity index (χ4n) is 1.44. The minimum Gasteiger partial charge on any atom is -0.398 e. The second-order valence-electron chi connectivity index (χ2n) is 3.51. The van der Waals surface area contributed by atoms with Crippen LogP contribution in [0.1, 0.15) is 0 Å². The topological polar surface area (TPSA) is 85.1 Å². The van der Waals surface area contributed by atoms with E-state index in [4.69, 9.17) is 5.73 Å². The Kier molecular flexibility index (Phi) is 3.15. The molecule has 0 fully saturated rings. The zero-order valence-electron chi connectivity index (χ0n) is 9.17. The second-order valence-corrected chi connectivity index (χ2v) is 5.12. The zero-order valence-corrected chi connectivity index (χ0v) is 9.99. The molecule has 0 saturated heterocycles. The second kappa shape index (κ2) is 4.61. The van der Waals surface area contributed by atoms with E-state index in [1.165, 1.54) is 30.6 Å². The predicted octanol–water partition coefficient (Wildman–Crippen LogP) is 1.60. The van der Waals surface area contributed by atoms with E-state index in [1.54, 1.807) is 6.07 Å². The van der Waals surface area contributed by atoms with Gasteiger partial charge in [0.2, 0.25) is 0 Å². The fraction of sp³-hybridized carbons (Fsp3) is 0. The van der Waals surface area contributed by atoms with E-state index >= 15 is 0 Å². The Hall–Kier alpha value is -2.15. The summed E-state index contributed by atoms with van der Waals surface area (Å²) in [5.41, 5.74) is 5.58. The standard InChI is InChI=1S/C11H10FN3O2S/c12-9-4-1-5-10(13)11(9)18(16,17)15-8-3-2-6-14-7-8/h1-7,15H,13H2. The highest BCUT2D eigenvalue weighted by Gasteiger charge is 2.22. The van der Waals surface area contributed by atoms with Crippen LogP contribution in [0.2, 0.25) is 0 Å². The fourth-order valence-corrected chi connectivity index (χ4v) is 2.67. The van der Waals surface area contributed by atoms with Gasteiger partial charge in [-0.2, -0.15) is 0 Å². The molecule has 1 heterocycles. The average Bonchev–Trinajstić information content (AvgIpc) is 2.28. The van der Waals surface area contributed by atoms with Crippen LogP contribution in [-0.4, -0.2) is 13.4 Å². The van der Waals surface area contributed by atoms with Crippen molar-refractivity contribution >= 4 is 21.4 Å². The van der Waals surface area contributed by atoms with Gasteiger partial charge in [0.25, 0.3) is 10.0 Å². The lowest BCUT2D eigenvalue weighted by Crippen LogP contribution is -2.16. The number of halogens is 1. The monoisotopic (exact) mass is 267 g/mol. The Labute approximate surface area is 104 Å². The average molecular weight is 267 g/mol. The molecule has 1 aromatic heterocycles. The molecular formula is C11H10FN3O2S. The number of nitrogens with zero attached hydrogens (tertiary/aromatic N) is 1. The smallest absolute Gasteiger partial charge is 0.266 e. The van der Waals surface area contributed by atoms with Crippen LogP contribution in [0.3, 0.4) is 0 Å². The van der Waals surface area contributed by atoms with Crippen LogP contribution in [0.4, 0.5) is 15.8 Å². The molecule has 1 aromatic carbocycles. The summed E-state index contributed by atoms with van der Waals surface area (Å²) in [5, 5.41) is 0. The van der Waals surface area contributed by atoms with Crippen LogP contribution in [0.15, 0.2) is 47.6 Å². The van der Waals surface area contributed by atoms with Crippen molar-refractivity contribution in [2.45, 2.75) is 4.90 Å². The molecular weight excluding hydrogens is 257 g/mol. The van der Waals surface area contributed by atoms with Crippen molar-refractivity contribution in [1.82, 2.24) is 4.98 Å². The van der Waals surface area contributed by atoms with Crippen LogP contribution in [-0.2, 0) is 10.0 Å². The minimum absolute atomic E-state index is 0.147. The maximum atomic E-state index is 13.5. The highest BCUT2D eigenvalue weighted by molar-refractivity contribution is 7.92. The molecule has 0 aliphatic heterocycles. The molecule has 0 unspecified atom stereocenters. The number of nitrogens with two attached hydrogens (primary N) is 1. The summed E-state index contributed by atoms with van der Waals surface area (Å²) in [6.45, 7) is 0. The van der Waals surface area contributed by atoms with Gasteiger partial charge in [0.1, 0.15) is 10.7 Å². The molecule has 0 bridgehead atoms. The molecule has 18 heavy (non-hydrogen) atoms. The molecule has 5 nitrogen and oxygen atoms in total. The van der Waals surface area contributed by atoms with Crippen LogP contribution < -0.4 is 10.5 Å². The first-order valence-corrected chi connectivity index (χ1v) is 6.46. The van der Waals surface area contributed by atoms with Gasteiger partial charge in [0, 0.05) is 6.20 Å². The van der Waals surface area contributed by atoms with E-state index in [0.29, 0.717) is 0 Å². The predicted molar refractivity (Wildman–Crippen MR) is 65.9 cm³/mol. The number of sulfonamides is 1. The van der Waals surface area contributed by atoms with Crippen molar-refractivity contribution in [2.75, 3.05) is 10.5 Å². The van der Waals surface area contributed by atoms with Gasteiger partial charge in [-0.3, -0.25) is 9.71 Å². The van der Waals surface area contributed by atoms with Crippen molar-refractivity contribution < 1.29 is 12.8 Å². The lowest BCUT2D eigenvalue weighted by Gasteiger charge is -2.10. The van der Waals surface area contributed by atoms with Gasteiger partial charge < -0.3 is 5.73 Å². The van der Waals surface area contributed by atoms with Crippen molar-refractivity contribution in [3.63, 3.8) is 0 Å². The number of aromatic nitrogens is 1. The van der Waals surface area contributed by atoms with Gasteiger partial charge in [-0.25, -0.2) is 12.8 Å². The summed E-state index contributed by atoms with van der Waals surface area (Å²) in [7, 11) is -4.06. The molecule has 0 aliphatic rings. The summed E-state index contributed by atoms with van der Waals surface area (Å²) < 4.78 is 39.7. The molecule has 0 atom stereocenters. The number of anilines is 2. The Balaban J connectivity index is 2.44. The maximum Gasteiger partial charge on any atom is 0.266 e. The minimum atomic E-state index is -4.06. The number of nitrogen functional groups attached to an aromatic ring is 1. The van der Waals surface area contributed by atoms with Gasteiger partial charge in [0.05, 0.1) is 17.6 Å². The van der Waals surface area contributed by atoms with Gasteiger partial charge in [-0.1, -0.05) is 6.07 Å². The van der Waals surface area contributed by atoms with Crippen molar-refractivity contribution in [2.24, 2.45) is 0 Å². The number of benzene rings is 1. The number of hydrogen-bond donors (Lipinski definition) is 2. The number of pyridine rings is 1. The molecule has 94 valence electrons. The molecule has 2 aromatic rings. The van der Waals surface area contributed by atoms with Crippen LogP contribution in [0, 0.1) is 5.82 Å². The molecule has 0 amide bonds. The summed E-state index contributed by atoms with van der Waals surface area (Å²) in [6, 6.07) is 6.76. The molecule has 0 aliphatic carbocycles. The third-order valence-corrected chi connectivity index (χ3v) is 3.65. The number of nitrogens with one attached hydrogen (secondary N) is 1. The number of hydrogen-bond acceptors (Lipinski definition) is 4. The highest BCUT2D eigenvalue weighted by atomic mass is 32.2. The quantitative estimate of drug-likeness (QED) is 0.827. The van der Waals surface area contributed by atoms with Crippen molar-refractivity contribution in [3.8, 4) is 0 Å². The molecule has 0 spiro atoms. The van der Waals surface area contributed by atoms with Gasteiger partial charge in [0.15, 0.2) is 0 Å². The first-order valence-electron chi connectivity index (χ1n) is 4.97. The summed E-state index contributed by atoms with van der Waals surface area (Å²) in [5.74, 6) is -0.897. The highest BCUT2D eigenvalue weighted by Crippen LogP contribution is 2.23. The largest absolute Gasteiger partial charge is 0.398 e. The maximum absolute atomic E-state index is 13.5. The Bertz CT molecular complexity index is 639. The summed E-state index contributed by atoms with van der Waals surface area (Å²) in [4.78, 5) is 3.19. The van der Waals surface area contributed by atoms with Crippen molar-refractivity contribution in [3.05, 3.63) is 48.5 Å². The van der Waals surface area contributed by atoms with Gasteiger partial charge >= 0.3 is 0 Å². The number of rotatable bonds is 3. The Morgan fingerprint density at radius 1 is 1.22 bits per heavy atom. The van der Waals surface area contributed by atoms with Gasteiger partial charge in [-0.15, -0.1) is 0 Å². The lowest BCUT2D eigenvalue weighted by atomic mass is 10.3. The first kappa shape index (κ1) is 12.3. The molecule has 2 rings (SSSR count). The molecule has 3 N–H and O–H groups in total. The normalized spacial score (nSPS) is 11.2. The Morgan fingerprint density at radius 3 is 2.61 bits per heavy atom. The third kappa shape index (κ3) is 2.40. The molecule has 0 saturated carbocycles. The van der Waals surface area contributed by atoms with E-state index in [9.17, 15) is 12.8 Å².